The Balaban J connectivity index is 0.000000155. The summed E-state index contributed by atoms with van der Waals surface area (Å²) in [6.07, 6.45) is 6.55. The molecular formula is C19H24N2. The van der Waals surface area contributed by atoms with Crippen LogP contribution in [0.3, 0.4) is 0 Å². The number of aliphatic imine (C=N–C) groups is 1. The summed E-state index contributed by atoms with van der Waals surface area (Å²) in [5.74, 6) is 0. The highest BCUT2D eigenvalue weighted by Crippen LogP contribution is 2.11. The molecule has 0 amide bonds. The standard InChI is InChI=1S/C10H11N.C9H13N/c1-2-5-10-8-11-7-3-6-9(10)4-1;10-8-4-7-9-5-2-1-3-6-9/h1-2,4-5,8H,3,6-7H2;1-3,5-6H,4,7-8,10H2. The number of nitrogens with two attached hydrogens (primary N) is 1. The van der Waals surface area contributed by atoms with Crippen molar-refractivity contribution in [1.82, 2.24) is 0 Å². The molecule has 110 valence electrons. The molecule has 0 aliphatic carbocycles. The van der Waals surface area contributed by atoms with Gasteiger partial charge in [-0.2, -0.15) is 0 Å². The Bertz CT molecular complexity index is 547. The van der Waals surface area contributed by atoms with E-state index in [0.29, 0.717) is 0 Å². The van der Waals surface area contributed by atoms with Gasteiger partial charge in [0, 0.05) is 12.8 Å². The summed E-state index contributed by atoms with van der Waals surface area (Å²) >= 11 is 0. The van der Waals surface area contributed by atoms with Crippen molar-refractivity contribution < 1.29 is 0 Å². The van der Waals surface area contributed by atoms with E-state index >= 15 is 0 Å². The van der Waals surface area contributed by atoms with Gasteiger partial charge in [-0.05, 0) is 48.9 Å². The zero-order valence-corrected chi connectivity index (χ0v) is 12.5. The van der Waals surface area contributed by atoms with Crippen molar-refractivity contribution in [1.29, 1.82) is 0 Å². The summed E-state index contributed by atoms with van der Waals surface area (Å²) in [6.45, 7) is 1.77. The number of hydrogen-bond donors (Lipinski definition) is 1. The Morgan fingerprint density at radius 3 is 2.52 bits per heavy atom. The summed E-state index contributed by atoms with van der Waals surface area (Å²) in [6, 6.07) is 18.9. The van der Waals surface area contributed by atoms with Crippen molar-refractivity contribution in [3.8, 4) is 0 Å². The molecule has 3 rings (SSSR count). The van der Waals surface area contributed by atoms with Crippen LogP contribution in [0.1, 0.15) is 29.5 Å². The van der Waals surface area contributed by atoms with E-state index in [0.717, 1.165) is 25.9 Å². The quantitative estimate of drug-likeness (QED) is 0.916. The highest BCUT2D eigenvalue weighted by Gasteiger charge is 2.01. The maximum atomic E-state index is 5.38. The smallest absolute Gasteiger partial charge is 0.0392 e. The molecule has 0 saturated carbocycles. The first-order valence-corrected chi connectivity index (χ1v) is 7.72. The van der Waals surface area contributed by atoms with Crippen LogP contribution in [-0.2, 0) is 12.8 Å². The summed E-state index contributed by atoms with van der Waals surface area (Å²) in [4.78, 5) is 4.29. The van der Waals surface area contributed by atoms with Crippen LogP contribution < -0.4 is 5.73 Å². The van der Waals surface area contributed by atoms with Crippen molar-refractivity contribution in [2.24, 2.45) is 10.7 Å². The van der Waals surface area contributed by atoms with Crippen LogP contribution in [0.25, 0.3) is 0 Å². The lowest BCUT2D eigenvalue weighted by atomic mass is 10.1. The molecule has 21 heavy (non-hydrogen) atoms. The van der Waals surface area contributed by atoms with Crippen LogP contribution in [0.2, 0.25) is 0 Å². The first-order chi connectivity index (χ1) is 10.4. The zero-order valence-electron chi connectivity index (χ0n) is 12.5. The topological polar surface area (TPSA) is 38.4 Å². The molecule has 0 spiro atoms. The third-order valence-electron chi connectivity index (χ3n) is 3.53. The van der Waals surface area contributed by atoms with Crippen molar-refractivity contribution in [3.05, 3.63) is 71.3 Å². The van der Waals surface area contributed by atoms with Gasteiger partial charge in [-0.25, -0.2) is 0 Å². The van der Waals surface area contributed by atoms with E-state index in [2.05, 4.69) is 53.5 Å². The second-order valence-electron chi connectivity index (χ2n) is 5.22. The number of hydrogen-bond acceptors (Lipinski definition) is 2. The number of benzene rings is 2. The Kier molecular flexibility index (Phi) is 6.69. The van der Waals surface area contributed by atoms with Crippen molar-refractivity contribution in [3.63, 3.8) is 0 Å². The third-order valence-corrected chi connectivity index (χ3v) is 3.53. The van der Waals surface area contributed by atoms with Crippen LogP contribution in [0.15, 0.2) is 59.6 Å². The lowest BCUT2D eigenvalue weighted by molar-refractivity contribution is 0.833. The maximum Gasteiger partial charge on any atom is 0.0392 e. The van der Waals surface area contributed by atoms with E-state index in [9.17, 15) is 0 Å². The first kappa shape index (κ1) is 15.5. The van der Waals surface area contributed by atoms with E-state index in [1.165, 1.54) is 29.5 Å². The third kappa shape index (κ3) is 5.52. The Morgan fingerprint density at radius 1 is 0.952 bits per heavy atom. The summed E-state index contributed by atoms with van der Waals surface area (Å²) in [5.41, 5.74) is 9.49. The minimum atomic E-state index is 0.787. The van der Waals surface area contributed by atoms with E-state index < -0.39 is 0 Å². The molecule has 0 atom stereocenters. The molecule has 0 aromatic heterocycles. The molecular weight excluding hydrogens is 256 g/mol. The SMILES string of the molecule is C1=NCCCc2ccccc21.NCCCc1ccccc1. The summed E-state index contributed by atoms with van der Waals surface area (Å²) in [7, 11) is 0. The van der Waals surface area contributed by atoms with E-state index in [4.69, 9.17) is 5.73 Å². The molecule has 2 aromatic carbocycles. The van der Waals surface area contributed by atoms with E-state index in [-0.39, 0.29) is 0 Å². The molecule has 1 aliphatic rings. The normalized spacial score (nSPS) is 12.8. The molecule has 2 N–H and O–H groups in total. The van der Waals surface area contributed by atoms with E-state index in [1.54, 1.807) is 0 Å². The van der Waals surface area contributed by atoms with Gasteiger partial charge in [0.1, 0.15) is 0 Å². The van der Waals surface area contributed by atoms with Crippen LogP contribution >= 0.6 is 0 Å². The average molecular weight is 280 g/mol. The second-order valence-corrected chi connectivity index (χ2v) is 5.22. The lowest BCUT2D eigenvalue weighted by Crippen LogP contribution is -1.99. The van der Waals surface area contributed by atoms with Gasteiger partial charge >= 0.3 is 0 Å². The molecule has 0 bridgehead atoms. The molecule has 2 nitrogen and oxygen atoms in total. The van der Waals surface area contributed by atoms with Gasteiger partial charge in [0.25, 0.3) is 0 Å². The Hall–Kier alpha value is -1.93. The van der Waals surface area contributed by atoms with Crippen molar-refractivity contribution in [2.75, 3.05) is 13.1 Å². The molecule has 1 aliphatic heterocycles. The van der Waals surface area contributed by atoms with Gasteiger partial charge in [-0.3, -0.25) is 4.99 Å². The number of aryl methyl sites for hydroxylation is 2. The average Bonchev–Trinajstić information content (AvgIpc) is 2.80. The Morgan fingerprint density at radius 2 is 1.71 bits per heavy atom. The molecule has 0 fully saturated rings. The fourth-order valence-corrected chi connectivity index (χ4v) is 2.36. The van der Waals surface area contributed by atoms with E-state index in [1.807, 2.05) is 12.3 Å². The lowest BCUT2D eigenvalue weighted by Gasteiger charge is -1.99. The summed E-state index contributed by atoms with van der Waals surface area (Å²) in [5, 5.41) is 0. The largest absolute Gasteiger partial charge is 0.330 e. The summed E-state index contributed by atoms with van der Waals surface area (Å²) < 4.78 is 0. The van der Waals surface area contributed by atoms with Gasteiger partial charge in [0.15, 0.2) is 0 Å². The fraction of sp³-hybridized carbons (Fsp3) is 0.316. The monoisotopic (exact) mass is 280 g/mol. The van der Waals surface area contributed by atoms with Gasteiger partial charge in [-0.15, -0.1) is 0 Å². The van der Waals surface area contributed by atoms with Crippen LogP contribution in [0.5, 0.6) is 0 Å². The predicted molar refractivity (Wildman–Crippen MR) is 91.0 cm³/mol. The second kappa shape index (κ2) is 9.09. The maximum absolute atomic E-state index is 5.38. The number of fused-ring (bicyclic) bond motifs is 1. The molecule has 0 unspecified atom stereocenters. The van der Waals surface area contributed by atoms with Gasteiger partial charge in [0.05, 0.1) is 0 Å². The molecule has 1 heterocycles. The number of rotatable bonds is 3. The first-order valence-electron chi connectivity index (χ1n) is 7.72. The van der Waals surface area contributed by atoms with Crippen LogP contribution in [-0.4, -0.2) is 19.3 Å². The highest BCUT2D eigenvalue weighted by molar-refractivity contribution is 5.82. The van der Waals surface area contributed by atoms with Gasteiger partial charge < -0.3 is 5.73 Å². The van der Waals surface area contributed by atoms with Crippen molar-refractivity contribution >= 4 is 6.21 Å². The fourth-order valence-electron chi connectivity index (χ4n) is 2.36. The predicted octanol–water partition coefficient (Wildman–Crippen LogP) is 3.63. The molecule has 2 heteroatoms. The molecule has 0 saturated heterocycles. The minimum Gasteiger partial charge on any atom is -0.330 e. The molecule has 2 aromatic rings. The van der Waals surface area contributed by atoms with Gasteiger partial charge in [-0.1, -0.05) is 54.6 Å². The van der Waals surface area contributed by atoms with Gasteiger partial charge in [0.2, 0.25) is 0 Å². The van der Waals surface area contributed by atoms with Crippen molar-refractivity contribution in [2.45, 2.75) is 25.7 Å². The highest BCUT2D eigenvalue weighted by atomic mass is 14.7. The molecule has 0 radical (unpaired) electrons. The van der Waals surface area contributed by atoms with Crippen LogP contribution in [0, 0.1) is 0 Å². The Labute approximate surface area is 127 Å². The van der Waals surface area contributed by atoms with Crippen LogP contribution in [0.4, 0.5) is 0 Å². The number of nitrogens with zero attached hydrogens (tertiary/aromatic N) is 1. The zero-order chi connectivity index (χ0) is 14.8. The minimum absolute atomic E-state index is 0.787.